The standard InChI is InChI=1S/C39H75NO8/c1-4-6-8-10-12-14-16-18-20-22-24-27-37(41)46-33-29-40(39(43)48-32-26-31-45-36-35-44-3)30-34-47-38(42)28-25-23-21-19-17-15-13-11-9-7-5-2/h4-36H2,1-3H3. The zero-order valence-corrected chi connectivity index (χ0v) is 31.5. The van der Waals surface area contributed by atoms with Crippen LogP contribution in [0.15, 0.2) is 0 Å². The van der Waals surface area contributed by atoms with Crippen molar-refractivity contribution in [2.75, 3.05) is 59.8 Å². The number of carbonyl (C=O) groups is 3. The van der Waals surface area contributed by atoms with E-state index in [-0.39, 0.29) is 44.8 Å². The van der Waals surface area contributed by atoms with Crippen LogP contribution >= 0.6 is 0 Å². The van der Waals surface area contributed by atoms with Crippen LogP contribution in [0.3, 0.4) is 0 Å². The van der Waals surface area contributed by atoms with Crippen molar-refractivity contribution in [3.05, 3.63) is 0 Å². The highest BCUT2D eigenvalue weighted by Gasteiger charge is 2.17. The number of unbranched alkanes of at least 4 members (excludes halogenated alkanes) is 20. The van der Waals surface area contributed by atoms with Crippen LogP contribution in [0.2, 0.25) is 0 Å². The minimum atomic E-state index is -0.519. The molecule has 0 aliphatic heterocycles. The van der Waals surface area contributed by atoms with Crippen molar-refractivity contribution >= 4 is 18.0 Å². The van der Waals surface area contributed by atoms with Crippen LogP contribution in [0.25, 0.3) is 0 Å². The quantitative estimate of drug-likeness (QED) is 0.0362. The molecule has 0 unspecified atom stereocenters. The van der Waals surface area contributed by atoms with Gasteiger partial charge in [0.25, 0.3) is 0 Å². The topological polar surface area (TPSA) is 101 Å². The molecule has 48 heavy (non-hydrogen) atoms. The van der Waals surface area contributed by atoms with E-state index in [2.05, 4.69) is 13.8 Å². The zero-order valence-electron chi connectivity index (χ0n) is 31.5. The predicted octanol–water partition coefficient (Wildman–Crippen LogP) is 9.97. The van der Waals surface area contributed by atoms with E-state index >= 15 is 0 Å². The maximum atomic E-state index is 12.8. The third kappa shape index (κ3) is 34.0. The van der Waals surface area contributed by atoms with Gasteiger partial charge in [0.2, 0.25) is 0 Å². The molecule has 0 atom stereocenters. The van der Waals surface area contributed by atoms with Gasteiger partial charge in [0.1, 0.15) is 13.2 Å². The molecule has 9 heteroatoms. The second kappa shape index (κ2) is 37.9. The average Bonchev–Trinajstić information content (AvgIpc) is 3.08. The first-order chi connectivity index (χ1) is 23.5. The normalized spacial score (nSPS) is 11.1. The molecule has 0 aromatic heterocycles. The van der Waals surface area contributed by atoms with Crippen molar-refractivity contribution in [3.63, 3.8) is 0 Å². The van der Waals surface area contributed by atoms with Crippen LogP contribution in [0.5, 0.6) is 0 Å². The molecule has 1 amide bonds. The Labute approximate surface area is 294 Å². The van der Waals surface area contributed by atoms with Gasteiger partial charge in [-0.05, 0) is 12.8 Å². The fourth-order valence-electron chi connectivity index (χ4n) is 5.50. The van der Waals surface area contributed by atoms with Crippen molar-refractivity contribution in [3.8, 4) is 0 Å². The Balaban J connectivity index is 4.22. The molecule has 0 rings (SSSR count). The van der Waals surface area contributed by atoms with Gasteiger partial charge in [-0.15, -0.1) is 0 Å². The lowest BCUT2D eigenvalue weighted by atomic mass is 10.1. The summed E-state index contributed by atoms with van der Waals surface area (Å²) in [4.78, 5) is 38.8. The molecular weight excluding hydrogens is 610 g/mol. The molecule has 0 aliphatic carbocycles. The van der Waals surface area contributed by atoms with E-state index < -0.39 is 6.09 Å². The first kappa shape index (κ1) is 46.1. The summed E-state index contributed by atoms with van der Waals surface area (Å²) in [5.41, 5.74) is 0. The number of amides is 1. The molecule has 0 saturated carbocycles. The highest BCUT2D eigenvalue weighted by molar-refractivity contribution is 5.70. The fraction of sp³-hybridized carbons (Fsp3) is 0.923. The second-order valence-corrected chi connectivity index (χ2v) is 13.1. The summed E-state index contributed by atoms with van der Waals surface area (Å²) < 4.78 is 26.6. The molecule has 0 aromatic carbocycles. The van der Waals surface area contributed by atoms with E-state index in [1.807, 2.05) is 0 Å². The molecule has 0 spiro atoms. The largest absolute Gasteiger partial charge is 0.464 e. The van der Waals surface area contributed by atoms with E-state index in [0.29, 0.717) is 39.1 Å². The van der Waals surface area contributed by atoms with Crippen molar-refractivity contribution in [2.24, 2.45) is 0 Å². The highest BCUT2D eigenvalue weighted by Crippen LogP contribution is 2.13. The third-order valence-corrected chi connectivity index (χ3v) is 8.57. The molecule has 0 aliphatic rings. The summed E-state index contributed by atoms with van der Waals surface area (Å²) in [6.45, 7) is 6.70. The van der Waals surface area contributed by atoms with Crippen molar-refractivity contribution in [1.82, 2.24) is 4.90 Å². The number of ether oxygens (including phenoxy) is 5. The van der Waals surface area contributed by atoms with Gasteiger partial charge in [-0.1, -0.05) is 142 Å². The van der Waals surface area contributed by atoms with Crippen molar-refractivity contribution < 1.29 is 38.1 Å². The summed E-state index contributed by atoms with van der Waals surface area (Å²) in [5, 5.41) is 0. The molecule has 0 heterocycles. The van der Waals surface area contributed by atoms with Crippen LogP contribution in [-0.4, -0.2) is 82.8 Å². The van der Waals surface area contributed by atoms with E-state index in [9.17, 15) is 14.4 Å². The number of methoxy groups -OCH3 is 1. The van der Waals surface area contributed by atoms with Gasteiger partial charge >= 0.3 is 18.0 Å². The summed E-state index contributed by atoms with van der Waals surface area (Å²) in [6, 6.07) is 0. The predicted molar refractivity (Wildman–Crippen MR) is 194 cm³/mol. The number of nitrogens with zero attached hydrogens (tertiary/aromatic N) is 1. The molecule has 0 radical (unpaired) electrons. The van der Waals surface area contributed by atoms with Crippen molar-refractivity contribution in [2.45, 2.75) is 174 Å². The van der Waals surface area contributed by atoms with Crippen LogP contribution in [0, 0.1) is 0 Å². The van der Waals surface area contributed by atoms with Gasteiger partial charge in [-0.25, -0.2) is 4.79 Å². The van der Waals surface area contributed by atoms with Gasteiger partial charge < -0.3 is 28.6 Å². The van der Waals surface area contributed by atoms with Crippen LogP contribution < -0.4 is 0 Å². The van der Waals surface area contributed by atoms with Gasteiger partial charge in [0, 0.05) is 33.0 Å². The molecule has 284 valence electrons. The van der Waals surface area contributed by atoms with Gasteiger partial charge in [0.05, 0.1) is 32.9 Å². The number of hydrogen-bond donors (Lipinski definition) is 0. The maximum absolute atomic E-state index is 12.8. The van der Waals surface area contributed by atoms with Crippen molar-refractivity contribution in [1.29, 1.82) is 0 Å². The van der Waals surface area contributed by atoms with Gasteiger partial charge in [-0.3, -0.25) is 9.59 Å². The first-order valence-electron chi connectivity index (χ1n) is 19.8. The Hall–Kier alpha value is -1.87. The summed E-state index contributed by atoms with van der Waals surface area (Å²) in [5.74, 6) is -0.489. The first-order valence-corrected chi connectivity index (χ1v) is 19.8. The number of hydrogen-bond acceptors (Lipinski definition) is 8. The Kier molecular flexibility index (Phi) is 36.5. The Morgan fingerprint density at radius 2 is 0.812 bits per heavy atom. The third-order valence-electron chi connectivity index (χ3n) is 8.57. The Morgan fingerprint density at radius 1 is 0.417 bits per heavy atom. The van der Waals surface area contributed by atoms with Crippen LogP contribution in [0.1, 0.15) is 174 Å². The summed E-state index contributed by atoms with van der Waals surface area (Å²) >= 11 is 0. The lowest BCUT2D eigenvalue weighted by Crippen LogP contribution is -2.38. The highest BCUT2D eigenvalue weighted by atomic mass is 16.6. The fourth-order valence-corrected chi connectivity index (χ4v) is 5.50. The van der Waals surface area contributed by atoms with Crippen LogP contribution in [0.4, 0.5) is 4.79 Å². The maximum Gasteiger partial charge on any atom is 0.409 e. The number of rotatable bonds is 37. The van der Waals surface area contributed by atoms with E-state index in [4.69, 9.17) is 23.7 Å². The molecule has 0 aromatic rings. The molecule has 0 N–H and O–H groups in total. The minimum absolute atomic E-state index is 0.0821. The van der Waals surface area contributed by atoms with E-state index in [1.54, 1.807) is 7.11 Å². The number of esters is 2. The molecule has 9 nitrogen and oxygen atoms in total. The number of carbonyl (C=O) groups excluding carboxylic acids is 3. The molecule has 0 bridgehead atoms. The summed E-state index contributed by atoms with van der Waals surface area (Å²) in [6.07, 6.45) is 27.8. The lowest BCUT2D eigenvalue weighted by molar-refractivity contribution is -0.144. The van der Waals surface area contributed by atoms with E-state index in [1.165, 1.54) is 108 Å². The Morgan fingerprint density at radius 3 is 1.21 bits per heavy atom. The average molecular weight is 686 g/mol. The molecular formula is C39H75NO8. The minimum Gasteiger partial charge on any atom is -0.464 e. The molecule has 0 fully saturated rings. The molecule has 0 saturated heterocycles. The van der Waals surface area contributed by atoms with E-state index in [0.717, 1.165) is 38.5 Å². The van der Waals surface area contributed by atoms with Crippen LogP contribution in [-0.2, 0) is 33.3 Å². The SMILES string of the molecule is CCCCCCCCCCCCCC(=O)OCCN(CCOC(=O)CCCCCCCCCCCCC)C(=O)OCCCOCCOC. The summed E-state index contributed by atoms with van der Waals surface area (Å²) in [7, 11) is 1.62. The zero-order chi connectivity index (χ0) is 35.2. The van der Waals surface area contributed by atoms with Gasteiger partial charge in [0.15, 0.2) is 0 Å². The lowest BCUT2D eigenvalue weighted by Gasteiger charge is -2.22. The van der Waals surface area contributed by atoms with Gasteiger partial charge in [-0.2, -0.15) is 0 Å². The monoisotopic (exact) mass is 686 g/mol. The Bertz CT molecular complexity index is 676. The smallest absolute Gasteiger partial charge is 0.409 e. The second-order valence-electron chi connectivity index (χ2n) is 13.1.